The summed E-state index contributed by atoms with van der Waals surface area (Å²) in [6, 6.07) is 9.69. The Labute approximate surface area is 116 Å². The second-order valence-electron chi connectivity index (χ2n) is 4.22. The molecule has 0 spiro atoms. The monoisotopic (exact) mass is 274 g/mol. The second kappa shape index (κ2) is 6.14. The Bertz CT molecular complexity index is 629. The Hall–Kier alpha value is -2.43. The number of rotatable bonds is 5. The van der Waals surface area contributed by atoms with Crippen LogP contribution < -0.4 is 10.5 Å². The molecule has 0 unspecified atom stereocenters. The third-order valence-corrected chi connectivity index (χ3v) is 2.79. The first kappa shape index (κ1) is 14.0. The Morgan fingerprint density at radius 1 is 1.30 bits per heavy atom. The lowest BCUT2D eigenvalue weighted by atomic mass is 10.1. The maximum Gasteiger partial charge on any atom is 0.254 e. The van der Waals surface area contributed by atoms with Gasteiger partial charge in [-0.15, -0.1) is 0 Å². The van der Waals surface area contributed by atoms with Crippen LogP contribution in [0, 0.1) is 5.82 Å². The summed E-state index contributed by atoms with van der Waals surface area (Å²) in [5, 5.41) is 0. The lowest BCUT2D eigenvalue weighted by molar-refractivity contribution is 0.0995. The maximum absolute atomic E-state index is 13.6. The van der Waals surface area contributed by atoms with Gasteiger partial charge in [0.25, 0.3) is 5.91 Å². The summed E-state index contributed by atoms with van der Waals surface area (Å²) in [6.07, 6.45) is 0.325. The van der Waals surface area contributed by atoms with Crippen LogP contribution in [0.2, 0.25) is 0 Å². The Balaban J connectivity index is 2.32. The highest BCUT2D eigenvalue weighted by Crippen LogP contribution is 2.18. The van der Waals surface area contributed by atoms with E-state index >= 15 is 0 Å². The lowest BCUT2D eigenvalue weighted by Crippen LogP contribution is -2.14. The zero-order chi connectivity index (χ0) is 14.5. The van der Waals surface area contributed by atoms with Crippen molar-refractivity contribution < 1.29 is 13.9 Å². The Morgan fingerprint density at radius 2 is 2.05 bits per heavy atom. The quantitative estimate of drug-likeness (QED) is 0.909. The van der Waals surface area contributed by atoms with Crippen molar-refractivity contribution in [3.8, 4) is 5.88 Å². The predicted octanol–water partition coefficient (Wildman–Crippen LogP) is 2.31. The van der Waals surface area contributed by atoms with Gasteiger partial charge in [0.1, 0.15) is 11.4 Å². The van der Waals surface area contributed by atoms with Crippen molar-refractivity contribution in [3.05, 3.63) is 59.0 Å². The fourth-order valence-corrected chi connectivity index (χ4v) is 1.85. The molecule has 0 fully saturated rings. The summed E-state index contributed by atoms with van der Waals surface area (Å²) in [6.45, 7) is 2.16. The molecule has 1 heterocycles. The number of pyridine rings is 1. The van der Waals surface area contributed by atoms with E-state index in [4.69, 9.17) is 10.5 Å². The van der Waals surface area contributed by atoms with E-state index < -0.39 is 5.91 Å². The second-order valence-corrected chi connectivity index (χ2v) is 4.22. The number of nitrogens with zero attached hydrogens (tertiary/aromatic N) is 1. The fraction of sp³-hybridized carbons (Fsp3) is 0.200. The number of nitrogens with two attached hydrogens (primary N) is 1. The van der Waals surface area contributed by atoms with Crippen LogP contribution in [0.15, 0.2) is 36.4 Å². The molecule has 0 saturated heterocycles. The molecule has 1 aromatic carbocycles. The van der Waals surface area contributed by atoms with Gasteiger partial charge in [-0.1, -0.05) is 18.2 Å². The molecule has 0 aliphatic carbocycles. The number of benzene rings is 1. The number of primary amides is 1. The van der Waals surface area contributed by atoms with Crippen LogP contribution in [-0.2, 0) is 6.42 Å². The molecule has 0 aliphatic rings. The number of halogens is 1. The van der Waals surface area contributed by atoms with Gasteiger partial charge in [0.15, 0.2) is 0 Å². The van der Waals surface area contributed by atoms with Crippen molar-refractivity contribution in [1.29, 1.82) is 0 Å². The van der Waals surface area contributed by atoms with E-state index in [-0.39, 0.29) is 17.3 Å². The molecule has 0 bridgehead atoms. The molecule has 20 heavy (non-hydrogen) atoms. The zero-order valence-electron chi connectivity index (χ0n) is 11.1. The van der Waals surface area contributed by atoms with Crippen molar-refractivity contribution in [1.82, 2.24) is 4.98 Å². The fourth-order valence-electron chi connectivity index (χ4n) is 1.85. The molecule has 2 rings (SSSR count). The smallest absolute Gasteiger partial charge is 0.254 e. The average Bonchev–Trinajstić information content (AvgIpc) is 2.42. The molecule has 1 aromatic heterocycles. The van der Waals surface area contributed by atoms with E-state index in [2.05, 4.69) is 4.98 Å². The lowest BCUT2D eigenvalue weighted by Gasteiger charge is -2.09. The van der Waals surface area contributed by atoms with Gasteiger partial charge in [0.05, 0.1) is 6.61 Å². The average molecular weight is 274 g/mol. The van der Waals surface area contributed by atoms with E-state index in [1.807, 2.05) is 0 Å². The van der Waals surface area contributed by atoms with Crippen LogP contribution in [0.4, 0.5) is 4.39 Å². The molecule has 4 nitrogen and oxygen atoms in total. The molecule has 2 N–H and O–H groups in total. The van der Waals surface area contributed by atoms with Crippen LogP contribution in [-0.4, -0.2) is 17.5 Å². The number of carbonyl (C=O) groups excluding carboxylic acids is 1. The van der Waals surface area contributed by atoms with Gasteiger partial charge in [-0.2, -0.15) is 0 Å². The minimum Gasteiger partial charge on any atom is -0.477 e. The largest absolute Gasteiger partial charge is 0.477 e. The number of carbonyl (C=O) groups is 1. The minimum atomic E-state index is -0.599. The molecule has 1 amide bonds. The number of hydrogen-bond donors (Lipinski definition) is 1. The van der Waals surface area contributed by atoms with Crippen LogP contribution in [0.25, 0.3) is 0 Å². The topological polar surface area (TPSA) is 65.2 Å². The SMILES string of the molecule is CCOc1nc(Cc2ccccc2F)ccc1C(N)=O. The first-order valence-corrected chi connectivity index (χ1v) is 6.27. The molecular formula is C15H15FN2O2. The van der Waals surface area contributed by atoms with Gasteiger partial charge in [0, 0.05) is 12.1 Å². The highest BCUT2D eigenvalue weighted by atomic mass is 19.1. The van der Waals surface area contributed by atoms with E-state index in [0.717, 1.165) is 0 Å². The summed E-state index contributed by atoms with van der Waals surface area (Å²) in [4.78, 5) is 15.5. The van der Waals surface area contributed by atoms with Gasteiger partial charge in [-0.3, -0.25) is 4.79 Å². The Morgan fingerprint density at radius 3 is 2.70 bits per heavy atom. The van der Waals surface area contributed by atoms with Crippen molar-refractivity contribution in [3.63, 3.8) is 0 Å². The van der Waals surface area contributed by atoms with Gasteiger partial charge in [-0.05, 0) is 30.7 Å². The van der Waals surface area contributed by atoms with Crippen LogP contribution in [0.3, 0.4) is 0 Å². The number of aromatic nitrogens is 1. The summed E-state index contributed by atoms with van der Waals surface area (Å²) >= 11 is 0. The molecule has 0 saturated carbocycles. The molecular weight excluding hydrogens is 259 g/mol. The van der Waals surface area contributed by atoms with Crippen molar-refractivity contribution in [2.75, 3.05) is 6.61 Å². The third kappa shape index (κ3) is 3.12. The van der Waals surface area contributed by atoms with E-state index in [1.165, 1.54) is 6.07 Å². The summed E-state index contributed by atoms with van der Waals surface area (Å²) in [5.74, 6) is -0.696. The van der Waals surface area contributed by atoms with Gasteiger partial charge in [0.2, 0.25) is 5.88 Å². The molecule has 0 radical (unpaired) electrons. The van der Waals surface area contributed by atoms with Crippen LogP contribution in [0.1, 0.15) is 28.5 Å². The van der Waals surface area contributed by atoms with E-state index in [0.29, 0.717) is 24.3 Å². The minimum absolute atomic E-state index is 0.189. The molecule has 104 valence electrons. The molecule has 2 aromatic rings. The third-order valence-electron chi connectivity index (χ3n) is 2.79. The summed E-state index contributed by atoms with van der Waals surface area (Å²) in [5.41, 5.74) is 6.63. The maximum atomic E-state index is 13.6. The first-order chi connectivity index (χ1) is 9.61. The molecule has 0 aliphatic heterocycles. The standard InChI is InChI=1S/C15H15FN2O2/c1-2-20-15-12(14(17)19)8-7-11(18-15)9-10-5-3-4-6-13(10)16/h3-8H,2,9H2,1H3,(H2,17,19). The normalized spacial score (nSPS) is 10.3. The number of ether oxygens (including phenoxy) is 1. The zero-order valence-corrected chi connectivity index (χ0v) is 11.1. The van der Waals surface area contributed by atoms with E-state index in [1.54, 1.807) is 37.3 Å². The Kier molecular flexibility index (Phi) is 4.30. The van der Waals surface area contributed by atoms with Crippen LogP contribution in [0.5, 0.6) is 5.88 Å². The number of hydrogen-bond acceptors (Lipinski definition) is 3. The highest BCUT2D eigenvalue weighted by Gasteiger charge is 2.12. The van der Waals surface area contributed by atoms with Gasteiger partial charge < -0.3 is 10.5 Å². The summed E-state index contributed by atoms with van der Waals surface area (Å²) < 4.78 is 18.9. The van der Waals surface area contributed by atoms with Gasteiger partial charge in [-0.25, -0.2) is 9.37 Å². The van der Waals surface area contributed by atoms with Gasteiger partial charge >= 0.3 is 0 Å². The van der Waals surface area contributed by atoms with Crippen molar-refractivity contribution in [2.24, 2.45) is 5.73 Å². The summed E-state index contributed by atoms with van der Waals surface area (Å²) in [7, 11) is 0. The highest BCUT2D eigenvalue weighted by molar-refractivity contribution is 5.95. The van der Waals surface area contributed by atoms with Crippen LogP contribution >= 0.6 is 0 Å². The predicted molar refractivity (Wildman–Crippen MR) is 73.1 cm³/mol. The van der Waals surface area contributed by atoms with Crippen molar-refractivity contribution >= 4 is 5.91 Å². The van der Waals surface area contributed by atoms with E-state index in [9.17, 15) is 9.18 Å². The molecule has 0 atom stereocenters. The first-order valence-electron chi connectivity index (χ1n) is 6.27. The van der Waals surface area contributed by atoms with Crippen molar-refractivity contribution in [2.45, 2.75) is 13.3 Å². The molecule has 5 heteroatoms. The number of amides is 1.